The Balaban J connectivity index is 1.75. The van der Waals surface area contributed by atoms with Crippen molar-refractivity contribution in [1.29, 1.82) is 0 Å². The van der Waals surface area contributed by atoms with Gasteiger partial charge in [-0.05, 0) is 36.7 Å². The number of rotatable bonds is 5. The molecule has 1 aromatic carbocycles. The van der Waals surface area contributed by atoms with Crippen molar-refractivity contribution in [1.82, 2.24) is 10.3 Å². The summed E-state index contributed by atoms with van der Waals surface area (Å²) in [4.78, 5) is 4.51. The molecule has 1 aromatic heterocycles. The highest BCUT2D eigenvalue weighted by molar-refractivity contribution is 5.58. The third kappa shape index (κ3) is 2.63. The fourth-order valence-corrected chi connectivity index (χ4v) is 2.23. The number of nitrogens with one attached hydrogen (secondary N) is 1. The topological polar surface area (TPSA) is 47.3 Å². The van der Waals surface area contributed by atoms with Gasteiger partial charge in [-0.25, -0.2) is 4.98 Å². The van der Waals surface area contributed by atoms with Crippen LogP contribution < -0.4 is 10.1 Å². The summed E-state index contributed by atoms with van der Waals surface area (Å²) in [5.74, 6) is 1.67. The molecule has 0 fully saturated rings. The van der Waals surface area contributed by atoms with Crippen LogP contribution in [0.2, 0.25) is 0 Å². The van der Waals surface area contributed by atoms with E-state index in [1.807, 2.05) is 12.1 Å². The molecule has 0 aliphatic carbocycles. The Morgan fingerprint density at radius 2 is 2.32 bits per heavy atom. The molecule has 4 heteroatoms. The number of fused-ring (bicyclic) bond motifs is 1. The SMILES string of the molecule is CCCNCc1coc(-c2ccc3c(c2)CCO3)n1. The van der Waals surface area contributed by atoms with Gasteiger partial charge in [-0.15, -0.1) is 0 Å². The first-order valence-corrected chi connectivity index (χ1v) is 6.78. The monoisotopic (exact) mass is 258 g/mol. The Morgan fingerprint density at radius 3 is 3.21 bits per heavy atom. The molecule has 0 amide bonds. The van der Waals surface area contributed by atoms with Crippen LogP contribution >= 0.6 is 0 Å². The number of oxazole rings is 1. The van der Waals surface area contributed by atoms with Crippen molar-refractivity contribution in [3.63, 3.8) is 0 Å². The molecule has 0 saturated heterocycles. The normalized spacial score (nSPS) is 13.3. The van der Waals surface area contributed by atoms with Gasteiger partial charge < -0.3 is 14.5 Å². The minimum Gasteiger partial charge on any atom is -0.493 e. The van der Waals surface area contributed by atoms with Crippen LogP contribution in [-0.2, 0) is 13.0 Å². The largest absolute Gasteiger partial charge is 0.493 e. The molecule has 2 aromatic rings. The van der Waals surface area contributed by atoms with E-state index in [-0.39, 0.29) is 0 Å². The van der Waals surface area contributed by atoms with Gasteiger partial charge in [0.2, 0.25) is 5.89 Å². The lowest BCUT2D eigenvalue weighted by Gasteiger charge is -2.00. The molecule has 0 spiro atoms. The molecule has 0 saturated carbocycles. The predicted molar refractivity (Wildman–Crippen MR) is 73.1 cm³/mol. The molecule has 1 aliphatic rings. The van der Waals surface area contributed by atoms with Gasteiger partial charge in [-0.1, -0.05) is 6.92 Å². The number of benzene rings is 1. The zero-order valence-corrected chi connectivity index (χ0v) is 11.1. The van der Waals surface area contributed by atoms with Crippen LogP contribution in [0.5, 0.6) is 5.75 Å². The summed E-state index contributed by atoms with van der Waals surface area (Å²) in [5.41, 5.74) is 3.20. The number of hydrogen-bond acceptors (Lipinski definition) is 4. The molecule has 4 nitrogen and oxygen atoms in total. The van der Waals surface area contributed by atoms with Gasteiger partial charge in [0.25, 0.3) is 0 Å². The third-order valence-electron chi connectivity index (χ3n) is 3.22. The Labute approximate surface area is 112 Å². The first-order chi connectivity index (χ1) is 9.36. The van der Waals surface area contributed by atoms with Gasteiger partial charge in [-0.3, -0.25) is 0 Å². The summed E-state index contributed by atoms with van der Waals surface area (Å²) < 4.78 is 11.0. The lowest BCUT2D eigenvalue weighted by Crippen LogP contribution is -2.13. The van der Waals surface area contributed by atoms with Crippen molar-refractivity contribution in [3.8, 4) is 17.2 Å². The van der Waals surface area contributed by atoms with Crippen LogP contribution in [-0.4, -0.2) is 18.1 Å². The molecule has 2 heterocycles. The Hall–Kier alpha value is -1.81. The van der Waals surface area contributed by atoms with Crippen LogP contribution in [0.15, 0.2) is 28.9 Å². The van der Waals surface area contributed by atoms with Gasteiger partial charge in [0, 0.05) is 18.5 Å². The molecule has 19 heavy (non-hydrogen) atoms. The van der Waals surface area contributed by atoms with E-state index < -0.39 is 0 Å². The molecular weight excluding hydrogens is 240 g/mol. The first kappa shape index (κ1) is 12.2. The van der Waals surface area contributed by atoms with Gasteiger partial charge in [0.1, 0.15) is 12.0 Å². The molecule has 0 radical (unpaired) electrons. The summed E-state index contributed by atoms with van der Waals surface area (Å²) in [6, 6.07) is 6.10. The zero-order chi connectivity index (χ0) is 13.1. The Bertz CT molecular complexity index is 563. The van der Waals surface area contributed by atoms with Crippen molar-refractivity contribution >= 4 is 0 Å². The van der Waals surface area contributed by atoms with Crippen LogP contribution in [0.25, 0.3) is 11.5 Å². The standard InChI is InChI=1S/C15H18N2O2/c1-2-6-16-9-13-10-19-15(17-13)12-3-4-14-11(8-12)5-7-18-14/h3-4,8,10,16H,2,5-7,9H2,1H3. The van der Waals surface area contributed by atoms with E-state index in [9.17, 15) is 0 Å². The van der Waals surface area contributed by atoms with Gasteiger partial charge in [-0.2, -0.15) is 0 Å². The van der Waals surface area contributed by atoms with E-state index in [0.29, 0.717) is 5.89 Å². The minimum absolute atomic E-state index is 0.683. The second-order valence-electron chi connectivity index (χ2n) is 4.74. The molecule has 3 rings (SSSR count). The second kappa shape index (κ2) is 5.45. The summed E-state index contributed by atoms with van der Waals surface area (Å²) in [6.45, 7) is 4.67. The highest BCUT2D eigenvalue weighted by Crippen LogP contribution is 2.30. The van der Waals surface area contributed by atoms with Crippen molar-refractivity contribution in [2.75, 3.05) is 13.2 Å². The molecule has 1 aliphatic heterocycles. The van der Waals surface area contributed by atoms with Crippen LogP contribution in [0.1, 0.15) is 24.6 Å². The molecular formula is C15H18N2O2. The number of nitrogens with zero attached hydrogens (tertiary/aromatic N) is 1. The quantitative estimate of drug-likeness (QED) is 0.838. The van der Waals surface area contributed by atoms with Gasteiger partial charge in [0.05, 0.1) is 12.3 Å². The van der Waals surface area contributed by atoms with Crippen molar-refractivity contribution in [3.05, 3.63) is 35.7 Å². The van der Waals surface area contributed by atoms with E-state index in [0.717, 1.165) is 49.5 Å². The number of aromatic nitrogens is 1. The van der Waals surface area contributed by atoms with E-state index >= 15 is 0 Å². The number of ether oxygens (including phenoxy) is 1. The van der Waals surface area contributed by atoms with E-state index in [1.54, 1.807) is 6.26 Å². The van der Waals surface area contributed by atoms with Crippen LogP contribution in [0.4, 0.5) is 0 Å². The van der Waals surface area contributed by atoms with Crippen molar-refractivity contribution in [2.24, 2.45) is 0 Å². The summed E-state index contributed by atoms with van der Waals surface area (Å²) >= 11 is 0. The van der Waals surface area contributed by atoms with Crippen molar-refractivity contribution < 1.29 is 9.15 Å². The highest BCUT2D eigenvalue weighted by Gasteiger charge is 2.14. The van der Waals surface area contributed by atoms with Gasteiger partial charge in [0.15, 0.2) is 0 Å². The highest BCUT2D eigenvalue weighted by atomic mass is 16.5. The van der Waals surface area contributed by atoms with E-state index in [2.05, 4.69) is 23.3 Å². The lowest BCUT2D eigenvalue weighted by molar-refractivity contribution is 0.357. The summed E-state index contributed by atoms with van der Waals surface area (Å²) in [6.07, 6.45) is 3.81. The fraction of sp³-hybridized carbons (Fsp3) is 0.400. The molecule has 0 unspecified atom stereocenters. The molecule has 0 atom stereocenters. The fourth-order valence-electron chi connectivity index (χ4n) is 2.23. The Kier molecular flexibility index (Phi) is 3.51. The van der Waals surface area contributed by atoms with Crippen LogP contribution in [0, 0.1) is 0 Å². The summed E-state index contributed by atoms with van der Waals surface area (Å²) in [5, 5.41) is 3.32. The zero-order valence-electron chi connectivity index (χ0n) is 11.1. The molecule has 100 valence electrons. The minimum atomic E-state index is 0.683. The average Bonchev–Trinajstić information content (AvgIpc) is 3.06. The first-order valence-electron chi connectivity index (χ1n) is 6.78. The Morgan fingerprint density at radius 1 is 1.37 bits per heavy atom. The van der Waals surface area contributed by atoms with E-state index in [1.165, 1.54) is 5.56 Å². The lowest BCUT2D eigenvalue weighted by atomic mass is 10.1. The molecule has 1 N–H and O–H groups in total. The molecule has 0 bridgehead atoms. The van der Waals surface area contributed by atoms with Crippen molar-refractivity contribution in [2.45, 2.75) is 26.3 Å². The summed E-state index contributed by atoms with van der Waals surface area (Å²) in [7, 11) is 0. The van der Waals surface area contributed by atoms with E-state index in [4.69, 9.17) is 9.15 Å². The maximum atomic E-state index is 5.55. The van der Waals surface area contributed by atoms with Crippen LogP contribution in [0.3, 0.4) is 0 Å². The van der Waals surface area contributed by atoms with Gasteiger partial charge >= 0.3 is 0 Å². The smallest absolute Gasteiger partial charge is 0.226 e. The maximum absolute atomic E-state index is 5.55. The predicted octanol–water partition coefficient (Wildman–Crippen LogP) is 2.78. The number of hydrogen-bond donors (Lipinski definition) is 1. The second-order valence-corrected chi connectivity index (χ2v) is 4.74. The maximum Gasteiger partial charge on any atom is 0.226 e. The average molecular weight is 258 g/mol. The third-order valence-corrected chi connectivity index (χ3v) is 3.22.